The molecule has 0 aliphatic heterocycles. The van der Waals surface area contributed by atoms with E-state index in [-0.39, 0.29) is 11.9 Å². The van der Waals surface area contributed by atoms with Gasteiger partial charge in [-0.1, -0.05) is 12.1 Å². The van der Waals surface area contributed by atoms with E-state index in [1.54, 1.807) is 12.1 Å². The molecule has 3 rings (SSSR count). The lowest BCUT2D eigenvalue weighted by atomic mass is 10.2. The van der Waals surface area contributed by atoms with Crippen molar-refractivity contribution < 1.29 is 9.84 Å². The molecule has 0 aromatic heterocycles. The molecule has 0 saturated heterocycles. The van der Waals surface area contributed by atoms with Gasteiger partial charge in [0.2, 0.25) is 0 Å². The summed E-state index contributed by atoms with van der Waals surface area (Å²) < 4.78 is 5.64. The van der Waals surface area contributed by atoms with Crippen molar-refractivity contribution in [2.45, 2.75) is 20.0 Å². The van der Waals surface area contributed by atoms with Crippen molar-refractivity contribution in [1.29, 1.82) is 0 Å². The third-order valence-electron chi connectivity index (χ3n) is 3.58. The third kappa shape index (κ3) is 4.67. The third-order valence-corrected chi connectivity index (χ3v) is 3.58. The van der Waals surface area contributed by atoms with Gasteiger partial charge in [0.25, 0.3) is 0 Å². The standard InChI is InChI=1S/C21H22N2O2/c1-15(2)25-19-13-11-17(12-14-19)22-16-7-9-18(10-8-16)23-20-5-3-4-6-21(20)24/h3-15,22-24H,1-2H3. The zero-order valence-electron chi connectivity index (χ0n) is 14.4. The summed E-state index contributed by atoms with van der Waals surface area (Å²) in [5.74, 6) is 1.09. The molecule has 3 aromatic rings. The summed E-state index contributed by atoms with van der Waals surface area (Å²) in [7, 11) is 0. The monoisotopic (exact) mass is 334 g/mol. The highest BCUT2D eigenvalue weighted by Gasteiger charge is 2.01. The molecule has 0 heterocycles. The molecule has 0 aliphatic rings. The molecule has 4 nitrogen and oxygen atoms in total. The summed E-state index contributed by atoms with van der Waals surface area (Å²) in [6.07, 6.45) is 0.169. The van der Waals surface area contributed by atoms with E-state index < -0.39 is 0 Å². The number of anilines is 4. The van der Waals surface area contributed by atoms with Gasteiger partial charge >= 0.3 is 0 Å². The van der Waals surface area contributed by atoms with Crippen LogP contribution in [0, 0.1) is 0 Å². The van der Waals surface area contributed by atoms with Gasteiger partial charge in [0.05, 0.1) is 11.8 Å². The number of hydrogen-bond acceptors (Lipinski definition) is 4. The van der Waals surface area contributed by atoms with E-state index in [9.17, 15) is 5.11 Å². The molecule has 0 radical (unpaired) electrons. The second-order valence-electron chi connectivity index (χ2n) is 6.04. The van der Waals surface area contributed by atoms with Gasteiger partial charge in [-0.2, -0.15) is 0 Å². The van der Waals surface area contributed by atoms with Gasteiger partial charge in [-0.15, -0.1) is 0 Å². The number of phenols is 1. The van der Waals surface area contributed by atoms with Crippen LogP contribution in [-0.4, -0.2) is 11.2 Å². The first-order chi connectivity index (χ1) is 12.1. The molecule has 4 heteroatoms. The maximum absolute atomic E-state index is 9.81. The maximum Gasteiger partial charge on any atom is 0.139 e. The fourth-order valence-electron chi connectivity index (χ4n) is 2.43. The van der Waals surface area contributed by atoms with Crippen molar-refractivity contribution in [2.75, 3.05) is 10.6 Å². The number of rotatable bonds is 6. The molecular weight excluding hydrogens is 312 g/mol. The fraction of sp³-hybridized carbons (Fsp3) is 0.143. The Labute approximate surface area is 148 Å². The molecule has 0 unspecified atom stereocenters. The number of ether oxygens (including phenoxy) is 1. The molecule has 0 spiro atoms. The molecule has 3 N–H and O–H groups in total. The molecule has 0 bridgehead atoms. The minimum absolute atomic E-state index is 0.169. The van der Waals surface area contributed by atoms with Crippen molar-refractivity contribution in [3.63, 3.8) is 0 Å². The van der Waals surface area contributed by atoms with Gasteiger partial charge in [0.1, 0.15) is 11.5 Å². The second kappa shape index (κ2) is 7.62. The predicted octanol–water partition coefficient (Wildman–Crippen LogP) is 5.67. The quantitative estimate of drug-likeness (QED) is 0.509. The number of benzene rings is 3. The Morgan fingerprint density at radius 3 is 1.80 bits per heavy atom. The van der Waals surface area contributed by atoms with Crippen LogP contribution in [0.4, 0.5) is 22.7 Å². The van der Waals surface area contributed by atoms with Gasteiger partial charge in [0.15, 0.2) is 0 Å². The zero-order valence-corrected chi connectivity index (χ0v) is 14.4. The Balaban J connectivity index is 1.63. The highest BCUT2D eigenvalue weighted by atomic mass is 16.5. The summed E-state index contributed by atoms with van der Waals surface area (Å²) in [5.41, 5.74) is 3.58. The Kier molecular flexibility index (Phi) is 5.09. The van der Waals surface area contributed by atoms with E-state index in [2.05, 4.69) is 10.6 Å². The summed E-state index contributed by atoms with van der Waals surface area (Å²) in [6.45, 7) is 4.02. The molecule has 0 saturated carbocycles. The van der Waals surface area contributed by atoms with Crippen LogP contribution in [0.1, 0.15) is 13.8 Å². The van der Waals surface area contributed by atoms with Crippen LogP contribution in [-0.2, 0) is 0 Å². The summed E-state index contributed by atoms with van der Waals surface area (Å²) in [4.78, 5) is 0. The second-order valence-corrected chi connectivity index (χ2v) is 6.04. The predicted molar refractivity (Wildman–Crippen MR) is 103 cm³/mol. The van der Waals surface area contributed by atoms with E-state index in [1.807, 2.05) is 74.5 Å². The summed E-state index contributed by atoms with van der Waals surface area (Å²) >= 11 is 0. The number of para-hydroxylation sites is 2. The molecule has 3 aromatic carbocycles. The van der Waals surface area contributed by atoms with E-state index in [0.29, 0.717) is 5.69 Å². The Morgan fingerprint density at radius 1 is 0.720 bits per heavy atom. The van der Waals surface area contributed by atoms with E-state index in [4.69, 9.17) is 4.74 Å². The summed E-state index contributed by atoms with van der Waals surface area (Å²) in [6, 6.07) is 23.0. The van der Waals surface area contributed by atoms with Crippen molar-refractivity contribution >= 4 is 22.7 Å². The van der Waals surface area contributed by atoms with Gasteiger partial charge in [-0.25, -0.2) is 0 Å². The lowest BCUT2D eigenvalue weighted by molar-refractivity contribution is 0.242. The van der Waals surface area contributed by atoms with Crippen LogP contribution >= 0.6 is 0 Å². The van der Waals surface area contributed by atoms with Crippen LogP contribution in [0.3, 0.4) is 0 Å². The maximum atomic E-state index is 9.81. The van der Waals surface area contributed by atoms with Crippen molar-refractivity contribution in [1.82, 2.24) is 0 Å². The Bertz CT molecular complexity index is 812. The van der Waals surface area contributed by atoms with Crippen LogP contribution in [0.25, 0.3) is 0 Å². The van der Waals surface area contributed by atoms with Gasteiger partial charge in [0, 0.05) is 17.1 Å². The number of hydrogen-bond donors (Lipinski definition) is 3. The molecule has 0 fully saturated rings. The van der Waals surface area contributed by atoms with Crippen molar-refractivity contribution in [3.05, 3.63) is 72.8 Å². The van der Waals surface area contributed by atoms with Crippen molar-refractivity contribution in [3.8, 4) is 11.5 Å². The van der Waals surface area contributed by atoms with E-state index >= 15 is 0 Å². The number of nitrogens with one attached hydrogen (secondary N) is 2. The number of aromatic hydroxyl groups is 1. The fourth-order valence-corrected chi connectivity index (χ4v) is 2.43. The van der Waals surface area contributed by atoms with Crippen LogP contribution in [0.5, 0.6) is 11.5 Å². The first-order valence-electron chi connectivity index (χ1n) is 8.29. The minimum Gasteiger partial charge on any atom is -0.506 e. The highest BCUT2D eigenvalue weighted by Crippen LogP contribution is 2.27. The molecule has 0 aliphatic carbocycles. The largest absolute Gasteiger partial charge is 0.506 e. The van der Waals surface area contributed by atoms with Gasteiger partial charge in [-0.3, -0.25) is 0 Å². The Hall–Kier alpha value is -3.14. The molecule has 0 amide bonds. The lowest BCUT2D eigenvalue weighted by Gasteiger charge is -2.12. The minimum atomic E-state index is 0.169. The highest BCUT2D eigenvalue weighted by molar-refractivity contribution is 5.68. The van der Waals surface area contributed by atoms with Crippen LogP contribution in [0.2, 0.25) is 0 Å². The van der Waals surface area contributed by atoms with Crippen LogP contribution in [0.15, 0.2) is 72.8 Å². The topological polar surface area (TPSA) is 53.5 Å². The van der Waals surface area contributed by atoms with Gasteiger partial charge in [-0.05, 0) is 74.5 Å². The zero-order chi connectivity index (χ0) is 17.6. The van der Waals surface area contributed by atoms with Crippen molar-refractivity contribution in [2.24, 2.45) is 0 Å². The molecular formula is C21H22N2O2. The summed E-state index contributed by atoms with van der Waals surface area (Å²) in [5, 5.41) is 16.4. The first kappa shape index (κ1) is 16.7. The number of phenolic OH excluding ortho intramolecular Hbond substituents is 1. The normalized spacial score (nSPS) is 10.5. The lowest BCUT2D eigenvalue weighted by Crippen LogP contribution is -2.05. The molecule has 128 valence electrons. The smallest absolute Gasteiger partial charge is 0.139 e. The first-order valence-corrected chi connectivity index (χ1v) is 8.29. The van der Waals surface area contributed by atoms with E-state index in [1.165, 1.54) is 0 Å². The average Bonchev–Trinajstić information content (AvgIpc) is 2.60. The van der Waals surface area contributed by atoms with E-state index in [0.717, 1.165) is 22.8 Å². The Morgan fingerprint density at radius 2 is 1.24 bits per heavy atom. The van der Waals surface area contributed by atoms with Crippen LogP contribution < -0.4 is 15.4 Å². The molecule has 0 atom stereocenters. The SMILES string of the molecule is CC(C)Oc1ccc(Nc2ccc(Nc3ccccc3O)cc2)cc1. The molecule has 25 heavy (non-hydrogen) atoms. The van der Waals surface area contributed by atoms with Gasteiger partial charge < -0.3 is 20.5 Å². The average molecular weight is 334 g/mol.